The molecule has 0 aliphatic carbocycles. The topological polar surface area (TPSA) is 51.6 Å². The third-order valence-electron chi connectivity index (χ3n) is 3.91. The minimum atomic E-state index is -0.390. The van der Waals surface area contributed by atoms with Crippen molar-refractivity contribution in [3.05, 3.63) is 30.1 Å². The SMILES string of the molecule is CC1(C)OB(c2cncc(C=CCCO)c2)OC1(C)C. The van der Waals surface area contributed by atoms with Crippen molar-refractivity contribution >= 4 is 18.7 Å². The van der Waals surface area contributed by atoms with E-state index in [0.717, 1.165) is 11.0 Å². The zero-order valence-electron chi connectivity index (χ0n) is 12.6. The lowest BCUT2D eigenvalue weighted by molar-refractivity contribution is 0.00578. The van der Waals surface area contributed by atoms with Crippen LogP contribution in [0.4, 0.5) is 0 Å². The molecule has 0 radical (unpaired) electrons. The summed E-state index contributed by atoms with van der Waals surface area (Å²) in [6, 6.07) is 2.00. The number of nitrogens with zero attached hydrogens (tertiary/aromatic N) is 1. The van der Waals surface area contributed by atoms with Gasteiger partial charge in [-0.2, -0.15) is 0 Å². The lowest BCUT2D eigenvalue weighted by Gasteiger charge is -2.32. The van der Waals surface area contributed by atoms with Gasteiger partial charge < -0.3 is 14.4 Å². The minimum absolute atomic E-state index is 0.154. The van der Waals surface area contributed by atoms with Crippen molar-refractivity contribution in [1.82, 2.24) is 4.98 Å². The van der Waals surface area contributed by atoms with E-state index in [1.165, 1.54) is 0 Å². The van der Waals surface area contributed by atoms with E-state index in [4.69, 9.17) is 14.4 Å². The summed E-state index contributed by atoms with van der Waals surface area (Å²) in [6.07, 6.45) is 8.05. The maximum Gasteiger partial charge on any atom is 0.496 e. The van der Waals surface area contributed by atoms with Crippen molar-refractivity contribution in [3.63, 3.8) is 0 Å². The predicted octanol–water partition coefficient (Wildman–Crippen LogP) is 1.78. The Morgan fingerprint density at radius 1 is 1.20 bits per heavy atom. The maximum absolute atomic E-state index is 8.78. The Morgan fingerprint density at radius 2 is 1.85 bits per heavy atom. The fourth-order valence-electron chi connectivity index (χ4n) is 1.97. The predicted molar refractivity (Wildman–Crippen MR) is 80.7 cm³/mol. The summed E-state index contributed by atoms with van der Waals surface area (Å²) in [5.41, 5.74) is 1.20. The van der Waals surface area contributed by atoms with Crippen LogP contribution >= 0.6 is 0 Å². The molecule has 0 spiro atoms. The van der Waals surface area contributed by atoms with Gasteiger partial charge in [0.2, 0.25) is 0 Å². The summed E-state index contributed by atoms with van der Waals surface area (Å²) in [4.78, 5) is 4.23. The second-order valence-corrected chi connectivity index (χ2v) is 6.05. The van der Waals surface area contributed by atoms with Gasteiger partial charge in [0.05, 0.1) is 11.2 Å². The average Bonchev–Trinajstić information content (AvgIpc) is 2.59. The summed E-state index contributed by atoms with van der Waals surface area (Å²) >= 11 is 0. The standard InChI is InChI=1S/C15H22BNO3/c1-14(2)15(3,4)20-16(19-14)13-9-12(10-17-11-13)7-5-6-8-18/h5,7,9-11,18H,6,8H2,1-4H3. The van der Waals surface area contributed by atoms with Crippen LogP contribution in [0.3, 0.4) is 0 Å². The van der Waals surface area contributed by atoms with Crippen LogP contribution in [0.25, 0.3) is 6.08 Å². The zero-order valence-corrected chi connectivity index (χ0v) is 12.6. The molecule has 2 rings (SSSR count). The first-order valence-corrected chi connectivity index (χ1v) is 6.94. The fourth-order valence-corrected chi connectivity index (χ4v) is 1.97. The van der Waals surface area contributed by atoms with Gasteiger partial charge in [0.1, 0.15) is 0 Å². The van der Waals surface area contributed by atoms with E-state index in [2.05, 4.69) is 4.98 Å². The lowest BCUT2D eigenvalue weighted by Crippen LogP contribution is -2.41. The number of hydrogen-bond donors (Lipinski definition) is 1. The van der Waals surface area contributed by atoms with E-state index in [1.54, 1.807) is 12.4 Å². The Kier molecular flexibility index (Phi) is 4.32. The first-order chi connectivity index (χ1) is 9.36. The Balaban J connectivity index is 2.17. The summed E-state index contributed by atoms with van der Waals surface area (Å²) in [7, 11) is -0.390. The Bertz CT molecular complexity index is 484. The molecular formula is C15H22BNO3. The Labute approximate surface area is 121 Å². The second-order valence-electron chi connectivity index (χ2n) is 6.05. The van der Waals surface area contributed by atoms with Gasteiger partial charge in [0, 0.05) is 24.5 Å². The van der Waals surface area contributed by atoms with Crippen LogP contribution in [0.5, 0.6) is 0 Å². The summed E-state index contributed by atoms with van der Waals surface area (Å²) < 4.78 is 12.0. The zero-order chi connectivity index (χ0) is 14.8. The van der Waals surface area contributed by atoms with Gasteiger partial charge >= 0.3 is 7.12 Å². The van der Waals surface area contributed by atoms with Gasteiger partial charge in [-0.3, -0.25) is 4.98 Å². The molecule has 0 unspecified atom stereocenters. The smallest absolute Gasteiger partial charge is 0.399 e. The molecule has 1 aromatic heterocycles. The first kappa shape index (κ1) is 15.2. The molecule has 1 aliphatic heterocycles. The monoisotopic (exact) mass is 275 g/mol. The van der Waals surface area contributed by atoms with E-state index in [1.807, 2.05) is 45.9 Å². The van der Waals surface area contributed by atoms with Gasteiger partial charge in [-0.15, -0.1) is 0 Å². The van der Waals surface area contributed by atoms with E-state index in [0.29, 0.717) is 6.42 Å². The molecule has 0 amide bonds. The normalized spacial score (nSPS) is 20.8. The molecule has 5 heteroatoms. The van der Waals surface area contributed by atoms with Crippen LogP contribution in [0.2, 0.25) is 0 Å². The van der Waals surface area contributed by atoms with Crippen molar-refractivity contribution in [2.75, 3.05) is 6.61 Å². The highest BCUT2D eigenvalue weighted by molar-refractivity contribution is 6.62. The van der Waals surface area contributed by atoms with Crippen molar-refractivity contribution in [3.8, 4) is 0 Å². The summed E-state index contributed by atoms with van der Waals surface area (Å²) in [6.45, 7) is 8.29. The molecule has 1 saturated heterocycles. The van der Waals surface area contributed by atoms with Crippen LogP contribution < -0.4 is 5.46 Å². The van der Waals surface area contributed by atoms with Crippen LogP contribution in [-0.4, -0.2) is 35.0 Å². The number of aliphatic hydroxyl groups excluding tert-OH is 1. The lowest BCUT2D eigenvalue weighted by atomic mass is 9.80. The fraction of sp³-hybridized carbons (Fsp3) is 0.533. The Hall–Kier alpha value is -1.17. The van der Waals surface area contributed by atoms with Gasteiger partial charge in [-0.05, 0) is 39.7 Å². The number of aromatic nitrogens is 1. The highest BCUT2D eigenvalue weighted by Crippen LogP contribution is 2.36. The van der Waals surface area contributed by atoms with Gasteiger partial charge in [-0.1, -0.05) is 18.2 Å². The highest BCUT2D eigenvalue weighted by Gasteiger charge is 2.51. The average molecular weight is 275 g/mol. The highest BCUT2D eigenvalue weighted by atomic mass is 16.7. The number of rotatable bonds is 4. The van der Waals surface area contributed by atoms with Crippen LogP contribution in [0, 0.1) is 0 Å². The third-order valence-corrected chi connectivity index (χ3v) is 3.91. The van der Waals surface area contributed by atoms with Crippen LogP contribution in [0.1, 0.15) is 39.7 Å². The summed E-state index contributed by atoms with van der Waals surface area (Å²) in [5, 5.41) is 8.78. The molecule has 20 heavy (non-hydrogen) atoms. The molecule has 1 fully saturated rings. The van der Waals surface area contributed by atoms with Crippen molar-refractivity contribution < 1.29 is 14.4 Å². The van der Waals surface area contributed by atoms with E-state index < -0.39 is 7.12 Å². The second kappa shape index (κ2) is 5.68. The third kappa shape index (κ3) is 3.11. The molecule has 0 bridgehead atoms. The molecule has 1 aliphatic rings. The van der Waals surface area contributed by atoms with Crippen LogP contribution in [-0.2, 0) is 9.31 Å². The van der Waals surface area contributed by atoms with E-state index in [9.17, 15) is 0 Å². The number of hydrogen-bond acceptors (Lipinski definition) is 4. The molecule has 2 heterocycles. The van der Waals surface area contributed by atoms with Crippen LogP contribution in [0.15, 0.2) is 24.5 Å². The molecule has 1 N–H and O–H groups in total. The first-order valence-electron chi connectivity index (χ1n) is 6.94. The Morgan fingerprint density at radius 3 is 2.45 bits per heavy atom. The number of aliphatic hydroxyl groups is 1. The molecule has 0 saturated carbocycles. The van der Waals surface area contributed by atoms with E-state index >= 15 is 0 Å². The number of pyridine rings is 1. The molecule has 0 atom stereocenters. The van der Waals surface area contributed by atoms with E-state index in [-0.39, 0.29) is 17.8 Å². The van der Waals surface area contributed by atoms with Gasteiger partial charge in [0.15, 0.2) is 0 Å². The van der Waals surface area contributed by atoms with Gasteiger partial charge in [0.25, 0.3) is 0 Å². The van der Waals surface area contributed by atoms with Crippen molar-refractivity contribution in [1.29, 1.82) is 0 Å². The molecule has 0 aromatic carbocycles. The minimum Gasteiger partial charge on any atom is -0.399 e. The largest absolute Gasteiger partial charge is 0.496 e. The van der Waals surface area contributed by atoms with Crippen molar-refractivity contribution in [2.24, 2.45) is 0 Å². The quantitative estimate of drug-likeness (QED) is 0.851. The molecule has 108 valence electrons. The molecule has 1 aromatic rings. The maximum atomic E-state index is 8.78. The molecular weight excluding hydrogens is 253 g/mol. The summed E-state index contributed by atoms with van der Waals surface area (Å²) in [5.74, 6) is 0. The molecule has 4 nitrogen and oxygen atoms in total. The van der Waals surface area contributed by atoms with Gasteiger partial charge in [-0.25, -0.2) is 0 Å². The van der Waals surface area contributed by atoms with Crippen molar-refractivity contribution in [2.45, 2.75) is 45.3 Å².